The molecule has 2 N–H and O–H groups in total. The van der Waals surface area contributed by atoms with Crippen LogP contribution in [0.3, 0.4) is 0 Å². The van der Waals surface area contributed by atoms with Gasteiger partial charge in [-0.2, -0.15) is 4.31 Å². The largest absolute Gasteiger partial charge is 0.336 e. The molecule has 32 heavy (non-hydrogen) atoms. The second kappa shape index (κ2) is 8.91. The molecule has 2 aromatic rings. The molecule has 0 saturated carbocycles. The minimum atomic E-state index is -3.67. The van der Waals surface area contributed by atoms with Crippen LogP contribution in [0.5, 0.6) is 0 Å². The summed E-state index contributed by atoms with van der Waals surface area (Å²) in [4.78, 5) is 26.3. The number of piperidine rings is 1. The third-order valence-corrected chi connectivity index (χ3v) is 7.69. The average Bonchev–Trinajstić information content (AvgIpc) is 3.19. The molecule has 170 valence electrons. The Morgan fingerprint density at radius 3 is 2.38 bits per heavy atom. The number of urea groups is 1. The van der Waals surface area contributed by atoms with E-state index >= 15 is 0 Å². The molecular weight excluding hydrogens is 428 g/mol. The normalized spacial score (nSPS) is 21.9. The van der Waals surface area contributed by atoms with Crippen molar-refractivity contribution in [2.75, 3.05) is 36.4 Å². The van der Waals surface area contributed by atoms with Gasteiger partial charge in [-0.25, -0.2) is 13.2 Å². The monoisotopic (exact) mass is 456 g/mol. The average molecular weight is 457 g/mol. The summed E-state index contributed by atoms with van der Waals surface area (Å²) in [5, 5.41) is 5.54. The summed E-state index contributed by atoms with van der Waals surface area (Å²) in [6.07, 6.45) is 1.01. The highest BCUT2D eigenvalue weighted by molar-refractivity contribution is 7.89. The highest BCUT2D eigenvalue weighted by atomic mass is 32.2. The lowest BCUT2D eigenvalue weighted by atomic mass is 9.94. The molecular formula is C23H28N4O4S. The molecule has 8 nitrogen and oxygen atoms in total. The van der Waals surface area contributed by atoms with Gasteiger partial charge >= 0.3 is 6.03 Å². The number of anilines is 2. The molecule has 0 bridgehead atoms. The van der Waals surface area contributed by atoms with Crippen LogP contribution in [0.1, 0.15) is 30.6 Å². The minimum absolute atomic E-state index is 0.127. The van der Waals surface area contributed by atoms with Gasteiger partial charge in [-0.15, -0.1) is 0 Å². The van der Waals surface area contributed by atoms with Crippen molar-refractivity contribution in [1.82, 2.24) is 9.62 Å². The Kier molecular flexibility index (Phi) is 6.21. The number of amides is 3. The topological polar surface area (TPSA) is 98.8 Å². The Morgan fingerprint density at radius 1 is 1.06 bits per heavy atom. The second-order valence-electron chi connectivity index (χ2n) is 8.68. The van der Waals surface area contributed by atoms with E-state index in [0.29, 0.717) is 43.7 Å². The molecule has 4 rings (SSSR count). The molecule has 2 aliphatic rings. The zero-order valence-electron chi connectivity index (χ0n) is 18.2. The standard InChI is InChI=1S/C23H28N4O4S/c1-16-12-17(2)15-26(14-16)32(30,31)21-5-3-4-18(13-21)22(28)25-19-6-8-20(9-7-19)27-11-10-24-23(27)29/h3-9,13,16-17H,10-12,14-15H2,1-2H3,(H,24,29)(H,25,28). The molecule has 0 aromatic heterocycles. The third-order valence-electron chi connectivity index (χ3n) is 5.86. The Balaban J connectivity index is 1.48. The Bertz CT molecular complexity index is 1110. The van der Waals surface area contributed by atoms with Gasteiger partial charge in [0.15, 0.2) is 0 Å². The van der Waals surface area contributed by atoms with E-state index in [1.54, 1.807) is 41.3 Å². The van der Waals surface area contributed by atoms with E-state index in [1.165, 1.54) is 16.4 Å². The number of nitrogens with zero attached hydrogens (tertiary/aromatic N) is 2. The fourth-order valence-electron chi connectivity index (χ4n) is 4.39. The van der Waals surface area contributed by atoms with Crippen molar-refractivity contribution < 1.29 is 18.0 Å². The van der Waals surface area contributed by atoms with E-state index in [1.807, 2.05) is 0 Å². The van der Waals surface area contributed by atoms with Crippen molar-refractivity contribution in [3.63, 3.8) is 0 Å². The summed E-state index contributed by atoms with van der Waals surface area (Å²) in [5.41, 5.74) is 1.58. The molecule has 3 amide bonds. The van der Waals surface area contributed by atoms with Gasteiger partial charge in [-0.1, -0.05) is 19.9 Å². The molecule has 2 atom stereocenters. The van der Waals surface area contributed by atoms with Crippen LogP contribution in [0.4, 0.5) is 16.2 Å². The summed E-state index contributed by atoms with van der Waals surface area (Å²) >= 11 is 0. The van der Waals surface area contributed by atoms with Crippen LogP contribution in [0.25, 0.3) is 0 Å². The van der Waals surface area contributed by atoms with Gasteiger partial charge in [-0.3, -0.25) is 9.69 Å². The summed E-state index contributed by atoms with van der Waals surface area (Å²) < 4.78 is 27.8. The summed E-state index contributed by atoms with van der Waals surface area (Å²) in [6.45, 7) is 6.30. The van der Waals surface area contributed by atoms with Gasteiger partial charge in [0.05, 0.1) is 4.90 Å². The number of benzene rings is 2. The highest BCUT2D eigenvalue weighted by Gasteiger charge is 2.32. The van der Waals surface area contributed by atoms with Crippen LogP contribution >= 0.6 is 0 Å². The van der Waals surface area contributed by atoms with Crippen LogP contribution in [-0.2, 0) is 10.0 Å². The van der Waals surface area contributed by atoms with Crippen molar-refractivity contribution in [3.05, 3.63) is 54.1 Å². The smallest absolute Gasteiger partial charge is 0.321 e. The molecule has 2 fully saturated rings. The van der Waals surface area contributed by atoms with Crippen LogP contribution in [0, 0.1) is 11.8 Å². The van der Waals surface area contributed by atoms with E-state index < -0.39 is 15.9 Å². The fourth-order valence-corrected chi connectivity index (χ4v) is 6.12. The molecule has 2 unspecified atom stereocenters. The first-order valence-corrected chi connectivity index (χ1v) is 12.2. The zero-order valence-corrected chi connectivity index (χ0v) is 19.1. The predicted octanol–water partition coefficient (Wildman–Crippen LogP) is 3.14. The fraction of sp³-hybridized carbons (Fsp3) is 0.391. The molecule has 9 heteroatoms. The third kappa shape index (κ3) is 4.63. The van der Waals surface area contributed by atoms with Crippen molar-refractivity contribution in [3.8, 4) is 0 Å². The van der Waals surface area contributed by atoms with E-state index in [-0.39, 0.29) is 16.5 Å². The summed E-state index contributed by atoms with van der Waals surface area (Å²) in [7, 11) is -3.67. The Labute approximate surface area is 188 Å². The van der Waals surface area contributed by atoms with Gasteiger partial charge in [0.1, 0.15) is 0 Å². The van der Waals surface area contributed by atoms with Crippen LogP contribution in [-0.4, -0.2) is 50.8 Å². The molecule has 2 heterocycles. The van der Waals surface area contributed by atoms with Gasteiger partial charge in [-0.05, 0) is 60.7 Å². The van der Waals surface area contributed by atoms with E-state index in [0.717, 1.165) is 12.1 Å². The number of hydrogen-bond acceptors (Lipinski definition) is 4. The number of carbonyl (C=O) groups is 2. The minimum Gasteiger partial charge on any atom is -0.336 e. The Morgan fingerprint density at radius 2 is 1.75 bits per heavy atom. The number of rotatable bonds is 5. The number of carbonyl (C=O) groups excluding carboxylic acids is 2. The summed E-state index contributed by atoms with van der Waals surface area (Å²) in [5.74, 6) is 0.207. The van der Waals surface area contributed by atoms with E-state index in [2.05, 4.69) is 24.5 Å². The van der Waals surface area contributed by atoms with Gasteiger partial charge < -0.3 is 10.6 Å². The molecule has 2 aliphatic heterocycles. The molecule has 0 aliphatic carbocycles. The maximum absolute atomic E-state index is 13.2. The lowest BCUT2D eigenvalue weighted by Gasteiger charge is -2.34. The van der Waals surface area contributed by atoms with Crippen LogP contribution in [0.2, 0.25) is 0 Å². The van der Waals surface area contributed by atoms with Crippen molar-refractivity contribution >= 4 is 33.3 Å². The number of hydrogen-bond donors (Lipinski definition) is 2. The van der Waals surface area contributed by atoms with E-state index in [9.17, 15) is 18.0 Å². The maximum atomic E-state index is 13.2. The van der Waals surface area contributed by atoms with Crippen molar-refractivity contribution in [2.45, 2.75) is 25.2 Å². The predicted molar refractivity (Wildman–Crippen MR) is 123 cm³/mol. The van der Waals surface area contributed by atoms with Crippen molar-refractivity contribution in [1.29, 1.82) is 0 Å². The molecule has 2 aromatic carbocycles. The molecule has 0 radical (unpaired) electrons. The maximum Gasteiger partial charge on any atom is 0.321 e. The first-order valence-electron chi connectivity index (χ1n) is 10.8. The second-order valence-corrected chi connectivity index (χ2v) is 10.6. The van der Waals surface area contributed by atoms with E-state index in [4.69, 9.17) is 0 Å². The Hall–Kier alpha value is -2.91. The zero-order chi connectivity index (χ0) is 22.9. The van der Waals surface area contributed by atoms with Gasteiger partial charge in [0.25, 0.3) is 5.91 Å². The van der Waals surface area contributed by atoms with Gasteiger partial charge in [0.2, 0.25) is 10.0 Å². The number of sulfonamides is 1. The number of nitrogens with one attached hydrogen (secondary N) is 2. The highest BCUT2D eigenvalue weighted by Crippen LogP contribution is 2.27. The molecule has 2 saturated heterocycles. The summed E-state index contributed by atoms with van der Waals surface area (Å²) in [6, 6.07) is 13.0. The first kappa shape index (κ1) is 22.3. The van der Waals surface area contributed by atoms with Gasteiger partial charge in [0, 0.05) is 43.1 Å². The van der Waals surface area contributed by atoms with Crippen LogP contribution in [0.15, 0.2) is 53.4 Å². The lowest BCUT2D eigenvalue weighted by Crippen LogP contribution is -2.42. The SMILES string of the molecule is CC1CC(C)CN(S(=O)(=O)c2cccc(C(=O)Nc3ccc(N4CCNC4=O)cc3)c2)C1. The van der Waals surface area contributed by atoms with Crippen LogP contribution < -0.4 is 15.5 Å². The first-order chi connectivity index (χ1) is 15.2. The lowest BCUT2D eigenvalue weighted by molar-refractivity contribution is 0.102. The quantitative estimate of drug-likeness (QED) is 0.722. The molecule has 0 spiro atoms. The van der Waals surface area contributed by atoms with Crippen molar-refractivity contribution in [2.24, 2.45) is 11.8 Å².